The fourth-order valence-electron chi connectivity index (χ4n) is 2.34. The molecule has 25 heavy (non-hydrogen) atoms. The van der Waals surface area contributed by atoms with Crippen molar-refractivity contribution in [1.29, 1.82) is 0 Å². The van der Waals surface area contributed by atoms with Gasteiger partial charge >= 0.3 is 0 Å². The number of H-pyrrole nitrogens is 1. The number of carbonyl (C=O) groups excluding carboxylic acids is 1. The van der Waals surface area contributed by atoms with Gasteiger partial charge in [-0.3, -0.25) is 14.9 Å². The first kappa shape index (κ1) is 16.1. The maximum Gasteiger partial charge on any atom is 0.295 e. The Balaban J connectivity index is 1.96. The van der Waals surface area contributed by atoms with Crippen molar-refractivity contribution in [2.45, 2.75) is 0 Å². The monoisotopic (exact) mass is 340 g/mol. The largest absolute Gasteiger partial charge is 0.495 e. The first-order valence-corrected chi connectivity index (χ1v) is 7.09. The maximum absolute atomic E-state index is 12.1. The molecule has 0 aliphatic rings. The summed E-state index contributed by atoms with van der Waals surface area (Å²) >= 11 is 0. The molecule has 1 aromatic heterocycles. The Labute approximate surface area is 140 Å². The van der Waals surface area contributed by atoms with Crippen molar-refractivity contribution >= 4 is 28.2 Å². The van der Waals surface area contributed by atoms with Crippen molar-refractivity contribution in [1.82, 2.24) is 4.98 Å². The van der Waals surface area contributed by atoms with Crippen molar-refractivity contribution in [2.75, 3.05) is 7.11 Å². The summed E-state index contributed by atoms with van der Waals surface area (Å²) in [5.41, 5.74) is 0.391. The van der Waals surface area contributed by atoms with E-state index in [4.69, 9.17) is 4.74 Å². The standard InChI is InChI=1S/C16H12N4O5/c1-25-12-7-3-6-11-13(12)17-16(22)14(11)18-19-15(21)9-4-2-5-10(8-9)20(23)24/h2-8,17,22H,1H3. The van der Waals surface area contributed by atoms with E-state index in [1.165, 1.54) is 25.3 Å². The van der Waals surface area contributed by atoms with Gasteiger partial charge in [-0.05, 0) is 12.1 Å². The number of benzene rings is 2. The fourth-order valence-corrected chi connectivity index (χ4v) is 2.34. The Morgan fingerprint density at radius 1 is 1.28 bits per heavy atom. The van der Waals surface area contributed by atoms with Gasteiger partial charge in [0.15, 0.2) is 5.69 Å². The van der Waals surface area contributed by atoms with Crippen LogP contribution in [0.15, 0.2) is 52.7 Å². The molecule has 9 heteroatoms. The highest BCUT2D eigenvalue weighted by molar-refractivity contribution is 5.99. The van der Waals surface area contributed by atoms with Crippen LogP contribution in [-0.2, 0) is 0 Å². The van der Waals surface area contributed by atoms with Gasteiger partial charge in [0.1, 0.15) is 5.75 Å². The molecule has 0 bridgehead atoms. The number of para-hydroxylation sites is 1. The van der Waals surface area contributed by atoms with Gasteiger partial charge in [0.25, 0.3) is 11.6 Å². The number of non-ortho nitro benzene ring substituents is 1. The van der Waals surface area contributed by atoms with Crippen LogP contribution in [0.5, 0.6) is 11.6 Å². The third-order valence-electron chi connectivity index (χ3n) is 3.51. The molecule has 3 rings (SSSR count). The SMILES string of the molecule is COc1cccc2c(N=NC(=O)c3cccc([N+](=O)[O-])c3)c(O)[nH]c12. The molecule has 0 atom stereocenters. The van der Waals surface area contributed by atoms with Gasteiger partial charge in [-0.2, -0.15) is 0 Å². The van der Waals surface area contributed by atoms with Crippen LogP contribution in [0.3, 0.4) is 0 Å². The first-order valence-electron chi connectivity index (χ1n) is 7.09. The van der Waals surface area contributed by atoms with Crippen molar-refractivity contribution in [3.05, 3.63) is 58.1 Å². The second-order valence-corrected chi connectivity index (χ2v) is 5.02. The summed E-state index contributed by atoms with van der Waals surface area (Å²) in [7, 11) is 1.49. The van der Waals surface area contributed by atoms with E-state index in [0.29, 0.717) is 16.7 Å². The quantitative estimate of drug-likeness (QED) is 0.424. The third-order valence-corrected chi connectivity index (χ3v) is 3.51. The predicted octanol–water partition coefficient (Wildman–Crippen LogP) is 3.71. The molecule has 0 fully saturated rings. The zero-order valence-electron chi connectivity index (χ0n) is 13.0. The van der Waals surface area contributed by atoms with E-state index in [2.05, 4.69) is 15.2 Å². The highest BCUT2D eigenvalue weighted by atomic mass is 16.6. The summed E-state index contributed by atoms with van der Waals surface area (Å²) in [6.45, 7) is 0. The average molecular weight is 340 g/mol. The number of nitro groups is 1. The molecule has 2 N–H and O–H groups in total. The minimum Gasteiger partial charge on any atom is -0.495 e. The van der Waals surface area contributed by atoms with E-state index in [0.717, 1.165) is 6.07 Å². The van der Waals surface area contributed by atoms with Gasteiger partial charge in [-0.1, -0.05) is 18.2 Å². The molecule has 0 unspecified atom stereocenters. The highest BCUT2D eigenvalue weighted by Gasteiger charge is 2.15. The Hall–Kier alpha value is -3.75. The van der Waals surface area contributed by atoms with Gasteiger partial charge in [-0.25, -0.2) is 0 Å². The lowest BCUT2D eigenvalue weighted by Crippen LogP contribution is -1.95. The number of ether oxygens (including phenoxy) is 1. The van der Waals surface area contributed by atoms with E-state index in [9.17, 15) is 20.0 Å². The van der Waals surface area contributed by atoms with Crippen LogP contribution in [0, 0.1) is 10.1 Å². The summed E-state index contributed by atoms with van der Waals surface area (Å²) in [6, 6.07) is 10.2. The Bertz CT molecular complexity index is 1010. The van der Waals surface area contributed by atoms with Crippen LogP contribution >= 0.6 is 0 Å². The summed E-state index contributed by atoms with van der Waals surface area (Å²) < 4.78 is 5.18. The van der Waals surface area contributed by atoms with Crippen LogP contribution in [0.1, 0.15) is 10.4 Å². The normalized spacial score (nSPS) is 11.1. The first-order chi connectivity index (χ1) is 12.0. The number of nitro benzene ring substituents is 1. The molecule has 9 nitrogen and oxygen atoms in total. The molecule has 3 aromatic rings. The van der Waals surface area contributed by atoms with Gasteiger partial charge in [0.05, 0.1) is 23.1 Å². The van der Waals surface area contributed by atoms with E-state index >= 15 is 0 Å². The minimum absolute atomic E-state index is 0.0230. The average Bonchev–Trinajstić information content (AvgIpc) is 2.94. The number of carbonyl (C=O) groups is 1. The second-order valence-electron chi connectivity index (χ2n) is 5.02. The molecule has 2 aromatic carbocycles. The lowest BCUT2D eigenvalue weighted by Gasteiger charge is -1.99. The summed E-state index contributed by atoms with van der Waals surface area (Å²) in [5, 5.41) is 28.6. The Kier molecular flexibility index (Phi) is 4.12. The smallest absolute Gasteiger partial charge is 0.295 e. The van der Waals surface area contributed by atoms with E-state index in [1.54, 1.807) is 18.2 Å². The van der Waals surface area contributed by atoms with Gasteiger partial charge in [0.2, 0.25) is 5.88 Å². The number of aromatic nitrogens is 1. The predicted molar refractivity (Wildman–Crippen MR) is 88.5 cm³/mol. The van der Waals surface area contributed by atoms with Crippen LogP contribution in [0.25, 0.3) is 10.9 Å². The van der Waals surface area contributed by atoms with Crippen LogP contribution < -0.4 is 4.74 Å². The lowest BCUT2D eigenvalue weighted by atomic mass is 10.2. The third kappa shape index (κ3) is 3.02. The van der Waals surface area contributed by atoms with Crippen molar-refractivity contribution < 1.29 is 19.6 Å². The second kappa shape index (κ2) is 6.40. The molecule has 0 aliphatic carbocycles. The molecule has 1 amide bonds. The number of nitrogens with zero attached hydrogens (tertiary/aromatic N) is 3. The van der Waals surface area contributed by atoms with Gasteiger partial charge < -0.3 is 14.8 Å². The minimum atomic E-state index is -0.764. The summed E-state index contributed by atoms with van der Waals surface area (Å²) in [4.78, 5) is 25.0. The molecular weight excluding hydrogens is 328 g/mol. The van der Waals surface area contributed by atoms with Gasteiger partial charge in [0, 0.05) is 17.5 Å². The summed E-state index contributed by atoms with van der Waals surface area (Å²) in [6.07, 6.45) is 0. The molecule has 0 radical (unpaired) electrons. The maximum atomic E-state index is 12.1. The Morgan fingerprint density at radius 3 is 2.76 bits per heavy atom. The molecular formula is C16H12N4O5. The van der Waals surface area contributed by atoms with E-state index in [1.807, 2.05) is 0 Å². The number of aromatic amines is 1. The molecule has 0 saturated carbocycles. The number of azo groups is 1. The van der Waals surface area contributed by atoms with E-state index < -0.39 is 10.8 Å². The highest BCUT2D eigenvalue weighted by Crippen LogP contribution is 2.39. The Morgan fingerprint density at radius 2 is 2.04 bits per heavy atom. The van der Waals surface area contributed by atoms with Crippen LogP contribution in [0.4, 0.5) is 11.4 Å². The van der Waals surface area contributed by atoms with Gasteiger partial charge in [-0.15, -0.1) is 10.2 Å². The number of aromatic hydroxyl groups is 1. The number of fused-ring (bicyclic) bond motifs is 1. The fraction of sp³-hybridized carbons (Fsp3) is 0.0625. The lowest BCUT2D eigenvalue weighted by molar-refractivity contribution is -0.384. The topological polar surface area (TPSA) is 130 Å². The van der Waals surface area contributed by atoms with Crippen LogP contribution in [0.2, 0.25) is 0 Å². The van der Waals surface area contributed by atoms with Crippen molar-refractivity contribution in [3.63, 3.8) is 0 Å². The zero-order chi connectivity index (χ0) is 18.0. The molecule has 1 heterocycles. The molecule has 0 spiro atoms. The number of hydrogen-bond acceptors (Lipinski definition) is 6. The zero-order valence-corrected chi connectivity index (χ0v) is 13.0. The number of nitrogens with one attached hydrogen (secondary N) is 1. The number of amides is 1. The molecule has 126 valence electrons. The number of rotatable bonds is 4. The van der Waals surface area contributed by atoms with Crippen molar-refractivity contribution in [2.24, 2.45) is 10.2 Å². The van der Waals surface area contributed by atoms with Crippen LogP contribution in [-0.4, -0.2) is 28.0 Å². The number of methoxy groups -OCH3 is 1. The summed E-state index contributed by atoms with van der Waals surface area (Å²) in [5.74, 6) is -0.533. The van der Waals surface area contributed by atoms with Crippen molar-refractivity contribution in [3.8, 4) is 11.6 Å². The number of hydrogen-bond donors (Lipinski definition) is 2. The molecule has 0 saturated heterocycles. The van der Waals surface area contributed by atoms with E-state index in [-0.39, 0.29) is 22.8 Å². The molecule has 0 aliphatic heterocycles.